The molecule has 2 heteroatoms. The van der Waals surface area contributed by atoms with Gasteiger partial charge in [-0.2, -0.15) is 0 Å². The maximum Gasteiger partial charge on any atom is 0.0467 e. The highest BCUT2D eigenvalue weighted by atomic mass is 16.5. The lowest BCUT2D eigenvalue weighted by atomic mass is 9.39. The third-order valence-electron chi connectivity index (χ3n) is 3.02. The third-order valence-corrected chi connectivity index (χ3v) is 3.02. The lowest BCUT2D eigenvalue weighted by Crippen LogP contribution is -2.72. The molecule has 3 aliphatic rings. The van der Waals surface area contributed by atoms with Gasteiger partial charge in [-0.1, -0.05) is 0 Å². The number of methoxy groups -OCH3 is 1. The van der Waals surface area contributed by atoms with Crippen molar-refractivity contribution in [3.63, 3.8) is 0 Å². The summed E-state index contributed by atoms with van der Waals surface area (Å²) in [4.78, 5) is 0. The van der Waals surface area contributed by atoms with Crippen molar-refractivity contribution in [2.24, 2.45) is 11.1 Å². The molecule has 0 aliphatic heterocycles. The Kier molecular flexibility index (Phi) is 1.15. The first-order valence-corrected chi connectivity index (χ1v) is 3.96. The van der Waals surface area contributed by atoms with E-state index in [0.29, 0.717) is 5.41 Å². The zero-order valence-corrected chi connectivity index (χ0v) is 6.52. The molecule has 0 aromatic heterocycles. The molecule has 58 valence electrons. The van der Waals surface area contributed by atoms with Crippen molar-refractivity contribution in [1.29, 1.82) is 0 Å². The van der Waals surface area contributed by atoms with E-state index in [1.807, 2.05) is 0 Å². The Hall–Kier alpha value is -0.0800. The van der Waals surface area contributed by atoms with Crippen LogP contribution in [0.4, 0.5) is 0 Å². The molecule has 2 nitrogen and oxygen atoms in total. The molecule has 3 fully saturated rings. The molecule has 0 aromatic carbocycles. The van der Waals surface area contributed by atoms with Gasteiger partial charge in [-0.25, -0.2) is 0 Å². The van der Waals surface area contributed by atoms with Crippen molar-refractivity contribution < 1.29 is 4.74 Å². The van der Waals surface area contributed by atoms with E-state index in [0.717, 1.165) is 6.61 Å². The largest absolute Gasteiger partial charge is 0.385 e. The Morgan fingerprint density at radius 1 is 1.40 bits per heavy atom. The Bertz CT molecular complexity index is 136. The Balaban J connectivity index is 1.77. The summed E-state index contributed by atoms with van der Waals surface area (Å²) in [6, 6.07) is 0. The van der Waals surface area contributed by atoms with Crippen LogP contribution in [0, 0.1) is 5.41 Å². The van der Waals surface area contributed by atoms with Crippen LogP contribution >= 0.6 is 0 Å². The van der Waals surface area contributed by atoms with Crippen LogP contribution in [0.3, 0.4) is 0 Å². The zero-order valence-electron chi connectivity index (χ0n) is 6.52. The minimum absolute atomic E-state index is 0.272. The molecule has 0 saturated heterocycles. The molecule has 2 N–H and O–H groups in total. The summed E-state index contributed by atoms with van der Waals surface area (Å²) in [5.74, 6) is 0. The molecule has 0 radical (unpaired) electrons. The number of ether oxygens (including phenoxy) is 1. The van der Waals surface area contributed by atoms with Crippen molar-refractivity contribution in [3.05, 3.63) is 0 Å². The van der Waals surface area contributed by atoms with E-state index in [9.17, 15) is 0 Å². The average Bonchev–Trinajstić information content (AvgIpc) is 1.75. The molecular formula is C8H15NO. The van der Waals surface area contributed by atoms with Crippen LogP contribution in [0.5, 0.6) is 0 Å². The molecule has 10 heavy (non-hydrogen) atoms. The Morgan fingerprint density at radius 2 is 2.00 bits per heavy atom. The SMILES string of the molecule is COCCC12CC(N)(C1)C2. The molecule has 0 heterocycles. The van der Waals surface area contributed by atoms with E-state index in [4.69, 9.17) is 10.5 Å². The monoisotopic (exact) mass is 141 g/mol. The van der Waals surface area contributed by atoms with Gasteiger partial charge in [-0.3, -0.25) is 0 Å². The standard InChI is InChI=1S/C8H15NO/c1-10-3-2-7-4-8(9,5-7)6-7/h2-6,9H2,1H3. The van der Waals surface area contributed by atoms with Gasteiger partial charge < -0.3 is 10.5 Å². The second-order valence-electron chi connectivity index (χ2n) is 4.14. The summed E-state index contributed by atoms with van der Waals surface area (Å²) in [5.41, 5.74) is 6.80. The van der Waals surface area contributed by atoms with Gasteiger partial charge in [0.25, 0.3) is 0 Å². The van der Waals surface area contributed by atoms with E-state index < -0.39 is 0 Å². The maximum absolute atomic E-state index is 5.90. The van der Waals surface area contributed by atoms with E-state index in [-0.39, 0.29) is 5.54 Å². The summed E-state index contributed by atoms with van der Waals surface area (Å²) in [5, 5.41) is 0. The van der Waals surface area contributed by atoms with Crippen LogP contribution < -0.4 is 5.73 Å². The quantitative estimate of drug-likeness (QED) is 0.634. The molecule has 2 bridgehead atoms. The summed E-state index contributed by atoms with van der Waals surface area (Å²) in [6.07, 6.45) is 4.98. The fourth-order valence-electron chi connectivity index (χ4n) is 2.67. The van der Waals surface area contributed by atoms with Crippen LogP contribution in [0.25, 0.3) is 0 Å². The number of hydrogen-bond donors (Lipinski definition) is 1. The minimum Gasteiger partial charge on any atom is -0.385 e. The highest BCUT2D eigenvalue weighted by Gasteiger charge is 2.64. The van der Waals surface area contributed by atoms with Gasteiger partial charge in [0.2, 0.25) is 0 Å². The van der Waals surface area contributed by atoms with Gasteiger partial charge >= 0.3 is 0 Å². The molecule has 0 spiro atoms. The maximum atomic E-state index is 5.90. The third kappa shape index (κ3) is 0.722. The number of rotatable bonds is 3. The first-order chi connectivity index (χ1) is 4.68. The van der Waals surface area contributed by atoms with Gasteiger partial charge in [0, 0.05) is 19.3 Å². The van der Waals surface area contributed by atoms with Crippen LogP contribution in [0.15, 0.2) is 0 Å². The van der Waals surface area contributed by atoms with Gasteiger partial charge in [-0.05, 0) is 31.1 Å². The normalized spacial score (nSPS) is 49.8. The fourth-order valence-corrected chi connectivity index (χ4v) is 2.67. The molecule has 3 aliphatic carbocycles. The first-order valence-electron chi connectivity index (χ1n) is 3.96. The number of hydrogen-bond acceptors (Lipinski definition) is 2. The number of nitrogens with two attached hydrogens (primary N) is 1. The van der Waals surface area contributed by atoms with Gasteiger partial charge in [0.15, 0.2) is 0 Å². The van der Waals surface area contributed by atoms with Gasteiger partial charge in [-0.15, -0.1) is 0 Å². The zero-order chi connectivity index (χ0) is 7.24. The predicted molar refractivity (Wildman–Crippen MR) is 39.7 cm³/mol. The van der Waals surface area contributed by atoms with E-state index >= 15 is 0 Å². The van der Waals surface area contributed by atoms with Crippen molar-refractivity contribution in [3.8, 4) is 0 Å². The lowest BCUT2D eigenvalue weighted by molar-refractivity contribution is -0.144. The predicted octanol–water partition coefficient (Wildman–Crippen LogP) is 0.904. The summed E-state index contributed by atoms with van der Waals surface area (Å²) < 4.78 is 5.03. The molecule has 0 atom stereocenters. The van der Waals surface area contributed by atoms with E-state index in [1.54, 1.807) is 7.11 Å². The topological polar surface area (TPSA) is 35.2 Å². The van der Waals surface area contributed by atoms with Crippen molar-refractivity contribution >= 4 is 0 Å². The van der Waals surface area contributed by atoms with Crippen molar-refractivity contribution in [1.82, 2.24) is 0 Å². The minimum atomic E-state index is 0.272. The van der Waals surface area contributed by atoms with Crippen LogP contribution in [0.1, 0.15) is 25.7 Å². The fraction of sp³-hybridized carbons (Fsp3) is 1.00. The molecule has 3 rings (SSSR count). The summed E-state index contributed by atoms with van der Waals surface area (Å²) >= 11 is 0. The second kappa shape index (κ2) is 1.74. The lowest BCUT2D eigenvalue weighted by Gasteiger charge is -2.69. The molecule has 3 saturated carbocycles. The summed E-state index contributed by atoms with van der Waals surface area (Å²) in [7, 11) is 1.77. The first kappa shape index (κ1) is 6.62. The molecule has 0 unspecified atom stereocenters. The average molecular weight is 141 g/mol. The van der Waals surface area contributed by atoms with Gasteiger partial charge in [0.1, 0.15) is 0 Å². The Morgan fingerprint density at radius 3 is 2.40 bits per heavy atom. The molecule has 0 aromatic rings. The van der Waals surface area contributed by atoms with Crippen molar-refractivity contribution in [2.45, 2.75) is 31.2 Å². The van der Waals surface area contributed by atoms with Crippen LogP contribution in [0.2, 0.25) is 0 Å². The van der Waals surface area contributed by atoms with Crippen LogP contribution in [-0.4, -0.2) is 19.3 Å². The van der Waals surface area contributed by atoms with Gasteiger partial charge in [0.05, 0.1) is 0 Å². The highest BCUT2D eigenvalue weighted by molar-refractivity contribution is 5.21. The molecular weight excluding hydrogens is 126 g/mol. The van der Waals surface area contributed by atoms with Crippen molar-refractivity contribution in [2.75, 3.05) is 13.7 Å². The van der Waals surface area contributed by atoms with E-state index in [2.05, 4.69) is 0 Å². The summed E-state index contributed by atoms with van der Waals surface area (Å²) in [6.45, 7) is 0.913. The molecule has 0 amide bonds. The second-order valence-corrected chi connectivity index (χ2v) is 4.14. The highest BCUT2D eigenvalue weighted by Crippen LogP contribution is 2.67. The van der Waals surface area contributed by atoms with E-state index in [1.165, 1.54) is 25.7 Å². The smallest absolute Gasteiger partial charge is 0.0467 e. The Labute approximate surface area is 61.7 Å². The van der Waals surface area contributed by atoms with Crippen LogP contribution in [-0.2, 0) is 4.74 Å².